The first-order valence-electron chi connectivity index (χ1n) is 12.1. The number of hydrogen-bond acceptors (Lipinski definition) is 7. The number of ether oxygens (including phenoxy) is 5. The lowest BCUT2D eigenvalue weighted by molar-refractivity contribution is -0.214. The zero-order chi connectivity index (χ0) is 21.9. The van der Waals surface area contributed by atoms with Crippen LogP contribution in [0.5, 0.6) is 0 Å². The quantitative estimate of drug-likeness (QED) is 0.544. The molecule has 0 spiro atoms. The highest BCUT2D eigenvalue weighted by molar-refractivity contribution is 5.85. The van der Waals surface area contributed by atoms with Gasteiger partial charge in [0.1, 0.15) is 12.7 Å². The van der Waals surface area contributed by atoms with Gasteiger partial charge in [-0.3, -0.25) is 9.59 Å². The van der Waals surface area contributed by atoms with Crippen molar-refractivity contribution in [2.75, 3.05) is 26.4 Å². The minimum atomic E-state index is -0.566. The molecule has 2 saturated heterocycles. The van der Waals surface area contributed by atoms with Gasteiger partial charge >= 0.3 is 0 Å². The van der Waals surface area contributed by atoms with Crippen LogP contribution in [-0.4, -0.2) is 62.3 Å². The molecule has 2 heterocycles. The van der Waals surface area contributed by atoms with Crippen LogP contribution in [0.1, 0.15) is 78.1 Å². The average Bonchev–Trinajstić information content (AvgIpc) is 3.33. The number of Topliss-reactive ketones (excluding diaryl/α,β-unsaturated/α-hetero) is 2. The first-order valence-corrected chi connectivity index (χ1v) is 12.1. The molecule has 0 radical (unpaired) electrons. The van der Waals surface area contributed by atoms with E-state index in [1.54, 1.807) is 0 Å². The van der Waals surface area contributed by atoms with Crippen molar-refractivity contribution in [2.45, 2.75) is 102 Å². The molecule has 4 rings (SSSR count). The lowest BCUT2D eigenvalue weighted by atomic mass is 9.66. The summed E-state index contributed by atoms with van der Waals surface area (Å²) in [4.78, 5) is 25.1. The van der Waals surface area contributed by atoms with Crippen LogP contribution in [-0.2, 0) is 33.3 Å². The van der Waals surface area contributed by atoms with Crippen LogP contribution in [0.3, 0.4) is 0 Å². The predicted octanol–water partition coefficient (Wildman–Crippen LogP) is 3.57. The second kappa shape index (κ2) is 9.96. The summed E-state index contributed by atoms with van der Waals surface area (Å²) in [6.07, 6.45) is 7.56. The molecule has 2 aliphatic carbocycles. The monoisotopic (exact) mass is 438 g/mol. The summed E-state index contributed by atoms with van der Waals surface area (Å²) in [6, 6.07) is 0. The number of carbonyl (C=O) groups excluding carboxylic acids is 2. The van der Waals surface area contributed by atoms with Crippen molar-refractivity contribution in [1.29, 1.82) is 0 Å². The summed E-state index contributed by atoms with van der Waals surface area (Å²) in [7, 11) is 0. The number of carbonyl (C=O) groups is 2. The Bertz CT molecular complexity index is 638. The number of rotatable bonds is 9. The third kappa shape index (κ3) is 5.38. The highest BCUT2D eigenvalue weighted by atomic mass is 16.7. The van der Waals surface area contributed by atoms with Crippen molar-refractivity contribution in [1.82, 2.24) is 0 Å². The van der Waals surface area contributed by atoms with Gasteiger partial charge in [0.15, 0.2) is 23.6 Å². The molecule has 0 aromatic rings. The van der Waals surface area contributed by atoms with E-state index in [1.807, 2.05) is 6.92 Å². The van der Waals surface area contributed by atoms with Crippen LogP contribution < -0.4 is 0 Å². The molecule has 4 aliphatic rings. The van der Waals surface area contributed by atoms with E-state index >= 15 is 0 Å². The Hall–Kier alpha value is -0.860. The van der Waals surface area contributed by atoms with Gasteiger partial charge in [0.05, 0.1) is 19.3 Å². The molecule has 4 fully saturated rings. The van der Waals surface area contributed by atoms with E-state index in [0.717, 1.165) is 45.1 Å². The van der Waals surface area contributed by atoms with Gasteiger partial charge < -0.3 is 23.7 Å². The zero-order valence-corrected chi connectivity index (χ0v) is 19.1. The van der Waals surface area contributed by atoms with Crippen molar-refractivity contribution in [3.8, 4) is 0 Å². The van der Waals surface area contributed by atoms with Gasteiger partial charge in [0.25, 0.3) is 0 Å². The van der Waals surface area contributed by atoms with Crippen LogP contribution >= 0.6 is 0 Å². The maximum Gasteiger partial charge on any atom is 0.165 e. The zero-order valence-electron chi connectivity index (χ0n) is 19.1. The summed E-state index contributed by atoms with van der Waals surface area (Å²) in [6.45, 7) is 6.12. The van der Waals surface area contributed by atoms with E-state index in [2.05, 4.69) is 6.92 Å². The summed E-state index contributed by atoms with van der Waals surface area (Å²) in [5, 5.41) is 0. The highest BCUT2D eigenvalue weighted by Crippen LogP contribution is 2.53. The molecule has 31 heavy (non-hydrogen) atoms. The Morgan fingerprint density at radius 3 is 2.65 bits per heavy atom. The van der Waals surface area contributed by atoms with E-state index < -0.39 is 11.9 Å². The topological polar surface area (TPSA) is 80.3 Å². The number of hydrogen-bond donors (Lipinski definition) is 0. The molecule has 7 heteroatoms. The fourth-order valence-electron chi connectivity index (χ4n) is 5.83. The smallest absolute Gasteiger partial charge is 0.165 e. The van der Waals surface area contributed by atoms with Gasteiger partial charge in [-0.25, -0.2) is 0 Å². The van der Waals surface area contributed by atoms with Gasteiger partial charge in [-0.1, -0.05) is 6.92 Å². The fraction of sp³-hybridized carbons (Fsp3) is 0.917. The standard InChI is InChI=1S/C24H38O7/c1-23-12-10-19(26)22(18(23)8-9-20(23)31-21-7-3-4-13-27-21)28-16-17(25)6-5-11-24(2)29-14-15-30-24/h18,20-22H,3-16H2,1-2H3/t18-,20+,21?,22-,23+/m1/s1. The maximum atomic E-state index is 12.7. The van der Waals surface area contributed by atoms with Crippen molar-refractivity contribution in [3.63, 3.8) is 0 Å². The van der Waals surface area contributed by atoms with Gasteiger partial charge in [0, 0.05) is 37.2 Å². The lowest BCUT2D eigenvalue weighted by Gasteiger charge is -2.44. The SMILES string of the molecule is CC1(CCCC(=O)CO[C@H]2C(=O)CC[C@]3(C)[C@@H](OC4CCCCO4)CC[C@H]23)OCCO1. The second-order valence-corrected chi connectivity index (χ2v) is 10.0. The molecule has 7 nitrogen and oxygen atoms in total. The first-order chi connectivity index (χ1) is 14.9. The van der Waals surface area contributed by atoms with Crippen molar-refractivity contribution >= 4 is 11.6 Å². The number of ketones is 2. The molecule has 2 saturated carbocycles. The largest absolute Gasteiger partial charge is 0.362 e. The predicted molar refractivity (Wildman–Crippen MR) is 112 cm³/mol. The van der Waals surface area contributed by atoms with E-state index in [4.69, 9.17) is 23.7 Å². The Morgan fingerprint density at radius 1 is 1.10 bits per heavy atom. The van der Waals surface area contributed by atoms with Gasteiger partial charge in [-0.15, -0.1) is 0 Å². The summed E-state index contributed by atoms with van der Waals surface area (Å²) in [5.74, 6) is -0.300. The minimum absolute atomic E-state index is 0.00131. The van der Waals surface area contributed by atoms with Crippen LogP contribution in [0.25, 0.3) is 0 Å². The molecular formula is C24H38O7. The summed E-state index contributed by atoms with van der Waals surface area (Å²) < 4.78 is 29.3. The normalized spacial score (nSPS) is 37.7. The average molecular weight is 439 g/mol. The minimum Gasteiger partial charge on any atom is -0.362 e. The third-order valence-electron chi connectivity index (χ3n) is 7.78. The van der Waals surface area contributed by atoms with Crippen molar-refractivity contribution < 1.29 is 33.3 Å². The molecule has 1 unspecified atom stereocenters. The molecular weight excluding hydrogens is 400 g/mol. The molecule has 0 aromatic carbocycles. The van der Waals surface area contributed by atoms with Crippen LogP contribution in [0.4, 0.5) is 0 Å². The molecule has 0 aromatic heterocycles. The Kier molecular flexibility index (Phi) is 7.48. The van der Waals surface area contributed by atoms with E-state index in [0.29, 0.717) is 38.9 Å². The molecule has 0 amide bonds. The van der Waals surface area contributed by atoms with E-state index in [9.17, 15) is 9.59 Å². The Balaban J connectivity index is 1.26. The third-order valence-corrected chi connectivity index (χ3v) is 7.78. The molecule has 0 bridgehead atoms. The molecule has 0 N–H and O–H groups in total. The molecule has 5 atom stereocenters. The number of fused-ring (bicyclic) bond motifs is 1. The highest BCUT2D eigenvalue weighted by Gasteiger charge is 2.55. The summed E-state index contributed by atoms with van der Waals surface area (Å²) in [5.41, 5.74) is -0.103. The second-order valence-electron chi connectivity index (χ2n) is 10.0. The first kappa shape index (κ1) is 23.3. The van der Waals surface area contributed by atoms with Crippen LogP contribution in [0.15, 0.2) is 0 Å². The Morgan fingerprint density at radius 2 is 1.90 bits per heavy atom. The lowest BCUT2D eigenvalue weighted by Crippen LogP contribution is -2.49. The molecule has 176 valence electrons. The van der Waals surface area contributed by atoms with Gasteiger partial charge in [-0.2, -0.15) is 0 Å². The van der Waals surface area contributed by atoms with Gasteiger partial charge in [-0.05, 0) is 51.9 Å². The fourth-order valence-corrected chi connectivity index (χ4v) is 5.83. The van der Waals surface area contributed by atoms with E-state index in [1.165, 1.54) is 0 Å². The Labute approximate surface area is 185 Å². The maximum absolute atomic E-state index is 12.7. The van der Waals surface area contributed by atoms with Crippen LogP contribution in [0, 0.1) is 11.3 Å². The van der Waals surface area contributed by atoms with Crippen LogP contribution in [0.2, 0.25) is 0 Å². The van der Waals surface area contributed by atoms with Gasteiger partial charge in [0.2, 0.25) is 0 Å². The van der Waals surface area contributed by atoms with Crippen molar-refractivity contribution in [3.05, 3.63) is 0 Å². The molecule has 2 aliphatic heterocycles. The van der Waals surface area contributed by atoms with Crippen molar-refractivity contribution in [2.24, 2.45) is 11.3 Å². The van der Waals surface area contributed by atoms with E-state index in [-0.39, 0.29) is 41.9 Å². The summed E-state index contributed by atoms with van der Waals surface area (Å²) >= 11 is 0.